The standard InChI is InChI=1S/C27H32N6O2/c34-33(35)23-14-12-22(13-15-23)32-18-6-9-21(19-32)29-25-10-4-5-11-26(25)31-27-28-17-16-24(30-27)20-7-2-1-3-8-20/h1-3,7-8,12-17,21,25-26,29H,4-6,9-11,18-19H2,(H,28,30,31)/t21?,25-,26-/m1/s1. The van der Waals surface area contributed by atoms with Crippen LogP contribution in [0.2, 0.25) is 0 Å². The average molecular weight is 473 g/mol. The van der Waals surface area contributed by atoms with Crippen LogP contribution >= 0.6 is 0 Å². The van der Waals surface area contributed by atoms with Crippen molar-refractivity contribution in [1.82, 2.24) is 15.3 Å². The molecule has 8 heteroatoms. The number of anilines is 2. The lowest BCUT2D eigenvalue weighted by Gasteiger charge is -2.40. The molecule has 2 fully saturated rings. The van der Waals surface area contributed by atoms with Gasteiger partial charge < -0.3 is 15.5 Å². The van der Waals surface area contributed by atoms with E-state index in [1.54, 1.807) is 12.1 Å². The molecule has 0 amide bonds. The van der Waals surface area contributed by atoms with Gasteiger partial charge in [0.1, 0.15) is 0 Å². The number of non-ortho nitro benzene ring substituents is 1. The maximum Gasteiger partial charge on any atom is 0.269 e. The van der Waals surface area contributed by atoms with Crippen LogP contribution in [0.5, 0.6) is 0 Å². The maximum atomic E-state index is 11.0. The van der Waals surface area contributed by atoms with E-state index in [9.17, 15) is 10.1 Å². The van der Waals surface area contributed by atoms with Crippen LogP contribution in [0.3, 0.4) is 0 Å². The van der Waals surface area contributed by atoms with Crippen molar-refractivity contribution < 1.29 is 4.92 Å². The minimum Gasteiger partial charge on any atom is -0.370 e. The number of rotatable bonds is 7. The fourth-order valence-corrected chi connectivity index (χ4v) is 5.30. The van der Waals surface area contributed by atoms with Gasteiger partial charge in [-0.15, -0.1) is 0 Å². The molecule has 1 aliphatic heterocycles. The smallest absolute Gasteiger partial charge is 0.269 e. The number of benzene rings is 2. The Morgan fingerprint density at radius 1 is 0.914 bits per heavy atom. The fraction of sp³-hybridized carbons (Fsp3) is 0.407. The molecule has 1 saturated carbocycles. The van der Waals surface area contributed by atoms with Crippen molar-refractivity contribution in [3.05, 3.63) is 77.0 Å². The number of nitro groups is 1. The highest BCUT2D eigenvalue weighted by Crippen LogP contribution is 2.26. The molecule has 5 rings (SSSR count). The average Bonchev–Trinajstić information content (AvgIpc) is 2.91. The van der Waals surface area contributed by atoms with Crippen molar-refractivity contribution >= 4 is 17.3 Å². The van der Waals surface area contributed by atoms with Gasteiger partial charge in [-0.3, -0.25) is 10.1 Å². The van der Waals surface area contributed by atoms with Gasteiger partial charge in [-0.25, -0.2) is 9.97 Å². The Balaban J connectivity index is 1.23. The molecular weight excluding hydrogens is 440 g/mol. The Morgan fingerprint density at radius 2 is 1.69 bits per heavy atom. The molecular formula is C27H32N6O2. The first kappa shape index (κ1) is 23.2. The second-order valence-electron chi connectivity index (χ2n) is 9.50. The third kappa shape index (κ3) is 5.77. The summed E-state index contributed by atoms with van der Waals surface area (Å²) in [6.07, 6.45) is 8.70. The first-order chi connectivity index (χ1) is 17.2. The third-order valence-electron chi connectivity index (χ3n) is 7.10. The topological polar surface area (TPSA) is 96.2 Å². The molecule has 2 heterocycles. The highest BCUT2D eigenvalue weighted by Gasteiger charge is 2.30. The van der Waals surface area contributed by atoms with Crippen LogP contribution < -0.4 is 15.5 Å². The number of aromatic nitrogens is 2. The molecule has 1 aliphatic carbocycles. The van der Waals surface area contributed by atoms with Gasteiger partial charge in [-0.05, 0) is 43.9 Å². The zero-order chi connectivity index (χ0) is 24.0. The van der Waals surface area contributed by atoms with Crippen molar-refractivity contribution in [2.45, 2.75) is 56.7 Å². The Morgan fingerprint density at radius 3 is 2.46 bits per heavy atom. The van der Waals surface area contributed by atoms with Gasteiger partial charge in [-0.1, -0.05) is 43.2 Å². The van der Waals surface area contributed by atoms with Crippen molar-refractivity contribution in [2.24, 2.45) is 0 Å². The summed E-state index contributed by atoms with van der Waals surface area (Å²) in [6.45, 7) is 1.88. The number of hydrogen-bond acceptors (Lipinski definition) is 7. The van der Waals surface area contributed by atoms with Crippen molar-refractivity contribution in [3.63, 3.8) is 0 Å². The summed E-state index contributed by atoms with van der Waals surface area (Å²) >= 11 is 0. The summed E-state index contributed by atoms with van der Waals surface area (Å²) < 4.78 is 0. The van der Waals surface area contributed by atoms with E-state index in [0.29, 0.717) is 18.0 Å². The Bertz CT molecular complexity index is 1120. The van der Waals surface area contributed by atoms with E-state index in [-0.39, 0.29) is 16.7 Å². The molecule has 3 atom stereocenters. The molecule has 182 valence electrons. The van der Waals surface area contributed by atoms with Gasteiger partial charge in [0.25, 0.3) is 5.69 Å². The number of piperidine rings is 1. The van der Waals surface area contributed by atoms with E-state index in [4.69, 9.17) is 4.98 Å². The Hall–Kier alpha value is -3.52. The van der Waals surface area contributed by atoms with E-state index < -0.39 is 0 Å². The number of nitrogens with one attached hydrogen (secondary N) is 2. The van der Waals surface area contributed by atoms with Crippen molar-refractivity contribution in [1.29, 1.82) is 0 Å². The molecule has 0 bridgehead atoms. The van der Waals surface area contributed by atoms with Crippen LogP contribution in [-0.2, 0) is 0 Å². The van der Waals surface area contributed by atoms with Gasteiger partial charge in [-0.2, -0.15) is 0 Å². The second-order valence-corrected chi connectivity index (χ2v) is 9.50. The van der Waals surface area contributed by atoms with Gasteiger partial charge in [0, 0.05) is 60.8 Å². The van der Waals surface area contributed by atoms with E-state index in [1.165, 1.54) is 12.8 Å². The molecule has 0 spiro atoms. The quantitative estimate of drug-likeness (QED) is 0.368. The molecule has 1 aromatic heterocycles. The van der Waals surface area contributed by atoms with E-state index in [0.717, 1.165) is 55.7 Å². The lowest BCUT2D eigenvalue weighted by Crippen LogP contribution is -2.55. The molecule has 2 aromatic carbocycles. The normalized spacial score (nSPS) is 22.5. The monoisotopic (exact) mass is 472 g/mol. The summed E-state index contributed by atoms with van der Waals surface area (Å²) in [5.74, 6) is 0.682. The maximum absolute atomic E-state index is 11.0. The van der Waals surface area contributed by atoms with E-state index >= 15 is 0 Å². The summed E-state index contributed by atoms with van der Waals surface area (Å²) in [6, 6.07) is 20.1. The van der Waals surface area contributed by atoms with Crippen LogP contribution in [0, 0.1) is 10.1 Å². The summed E-state index contributed by atoms with van der Waals surface area (Å²) in [4.78, 5) is 22.3. The largest absolute Gasteiger partial charge is 0.370 e. The second kappa shape index (κ2) is 10.8. The van der Waals surface area contributed by atoms with Crippen molar-refractivity contribution in [3.8, 4) is 11.3 Å². The Labute approximate surface area is 206 Å². The van der Waals surface area contributed by atoms with Crippen molar-refractivity contribution in [2.75, 3.05) is 23.3 Å². The number of nitrogens with zero attached hydrogens (tertiary/aromatic N) is 4. The summed E-state index contributed by atoms with van der Waals surface area (Å²) in [7, 11) is 0. The van der Waals surface area contributed by atoms with Crippen LogP contribution in [0.1, 0.15) is 38.5 Å². The molecule has 1 unspecified atom stereocenters. The molecule has 1 saturated heterocycles. The molecule has 3 aromatic rings. The van der Waals surface area contributed by atoms with Crippen LogP contribution in [0.4, 0.5) is 17.3 Å². The fourth-order valence-electron chi connectivity index (χ4n) is 5.30. The minimum atomic E-state index is -0.347. The molecule has 35 heavy (non-hydrogen) atoms. The molecule has 2 aliphatic rings. The van der Waals surface area contributed by atoms with Crippen LogP contribution in [0.15, 0.2) is 66.9 Å². The third-order valence-corrected chi connectivity index (χ3v) is 7.10. The zero-order valence-corrected chi connectivity index (χ0v) is 19.8. The Kier molecular flexibility index (Phi) is 7.18. The van der Waals surface area contributed by atoms with Gasteiger partial charge in [0.2, 0.25) is 5.95 Å². The predicted octanol–water partition coefficient (Wildman–Crippen LogP) is 5.03. The van der Waals surface area contributed by atoms with Gasteiger partial charge >= 0.3 is 0 Å². The first-order valence-electron chi connectivity index (χ1n) is 12.6. The summed E-state index contributed by atoms with van der Waals surface area (Å²) in [5.41, 5.74) is 3.20. The van der Waals surface area contributed by atoms with E-state index in [2.05, 4.69) is 32.7 Å². The lowest BCUT2D eigenvalue weighted by molar-refractivity contribution is -0.384. The number of hydrogen-bond donors (Lipinski definition) is 2. The van der Waals surface area contributed by atoms with Gasteiger partial charge in [0.05, 0.1) is 10.6 Å². The molecule has 0 radical (unpaired) electrons. The highest BCUT2D eigenvalue weighted by molar-refractivity contribution is 5.59. The van der Waals surface area contributed by atoms with Gasteiger partial charge in [0.15, 0.2) is 0 Å². The number of nitro benzene ring substituents is 1. The first-order valence-corrected chi connectivity index (χ1v) is 12.6. The minimum absolute atomic E-state index is 0.134. The highest BCUT2D eigenvalue weighted by atomic mass is 16.6. The van der Waals surface area contributed by atoms with E-state index in [1.807, 2.05) is 42.6 Å². The predicted molar refractivity (Wildman–Crippen MR) is 139 cm³/mol. The molecule has 2 N–H and O–H groups in total. The SMILES string of the molecule is O=[N+]([O-])c1ccc(N2CCCC(N[C@@H]3CCCC[C@H]3Nc3nccc(-c4ccccc4)n3)C2)cc1. The molecule has 8 nitrogen and oxygen atoms in total. The summed E-state index contributed by atoms with van der Waals surface area (Å²) in [5, 5.41) is 18.5. The lowest BCUT2D eigenvalue weighted by atomic mass is 9.89. The van der Waals surface area contributed by atoms with Crippen LogP contribution in [0.25, 0.3) is 11.3 Å². The zero-order valence-electron chi connectivity index (χ0n) is 19.8. The van der Waals surface area contributed by atoms with Crippen LogP contribution in [-0.4, -0.2) is 46.1 Å².